The predicted octanol–water partition coefficient (Wildman–Crippen LogP) is 0.497. The van der Waals surface area contributed by atoms with E-state index in [1.54, 1.807) is 31.4 Å². The summed E-state index contributed by atoms with van der Waals surface area (Å²) >= 11 is 3.31. The van der Waals surface area contributed by atoms with E-state index in [1.165, 1.54) is 10.5 Å². The molecule has 3 rings (SSSR count). The number of rotatable bonds is 7. The summed E-state index contributed by atoms with van der Waals surface area (Å²) in [6.07, 6.45) is 1.54. The first-order valence-corrected chi connectivity index (χ1v) is 11.7. The highest BCUT2D eigenvalue weighted by Gasteiger charge is 2.31. The number of carbonyl (C=O) groups excluding carboxylic acids is 1. The SMILES string of the molecule is COc1ccccc1/C=N/NC(=O)C[NH+]1CCN(S(=O)(=O)c2ccc(Br)cc2)CC1. The molecule has 1 aliphatic rings. The molecule has 1 saturated heterocycles. The molecule has 0 radical (unpaired) electrons. The molecule has 0 aliphatic carbocycles. The lowest BCUT2D eigenvalue weighted by molar-refractivity contribution is -0.895. The van der Waals surface area contributed by atoms with Gasteiger partial charge in [-0.2, -0.15) is 9.41 Å². The number of hydrogen-bond acceptors (Lipinski definition) is 5. The first-order valence-electron chi connectivity index (χ1n) is 9.44. The molecule has 160 valence electrons. The number of hydrazone groups is 1. The number of amides is 1. The average molecular weight is 496 g/mol. The Kier molecular flexibility index (Phi) is 7.59. The lowest BCUT2D eigenvalue weighted by Crippen LogP contribution is -3.15. The largest absolute Gasteiger partial charge is 0.496 e. The molecular formula is C20H24BrN4O4S+. The molecule has 0 atom stereocenters. The first-order chi connectivity index (χ1) is 14.4. The summed E-state index contributed by atoms with van der Waals surface area (Å²) in [6.45, 7) is 2.07. The van der Waals surface area contributed by atoms with Gasteiger partial charge in [-0.3, -0.25) is 4.79 Å². The molecule has 0 bridgehead atoms. The highest BCUT2D eigenvalue weighted by atomic mass is 79.9. The fourth-order valence-corrected chi connectivity index (χ4v) is 4.89. The Morgan fingerprint density at radius 2 is 1.87 bits per heavy atom. The fourth-order valence-electron chi connectivity index (χ4n) is 3.19. The third kappa shape index (κ3) is 5.66. The van der Waals surface area contributed by atoms with Crippen molar-refractivity contribution in [1.29, 1.82) is 0 Å². The van der Waals surface area contributed by atoms with E-state index in [2.05, 4.69) is 26.5 Å². The van der Waals surface area contributed by atoms with Crippen molar-refractivity contribution in [2.24, 2.45) is 5.10 Å². The number of ether oxygens (including phenoxy) is 1. The van der Waals surface area contributed by atoms with Crippen molar-refractivity contribution in [2.75, 3.05) is 39.8 Å². The van der Waals surface area contributed by atoms with E-state index >= 15 is 0 Å². The zero-order valence-corrected chi connectivity index (χ0v) is 18.9. The van der Waals surface area contributed by atoms with Gasteiger partial charge in [0.05, 0.1) is 44.4 Å². The van der Waals surface area contributed by atoms with Gasteiger partial charge in [0.1, 0.15) is 5.75 Å². The minimum atomic E-state index is -3.52. The normalized spacial score (nSPS) is 15.9. The number of nitrogens with zero attached hydrogens (tertiary/aromatic N) is 2. The maximum Gasteiger partial charge on any atom is 0.295 e. The van der Waals surface area contributed by atoms with Crippen LogP contribution in [0.4, 0.5) is 0 Å². The van der Waals surface area contributed by atoms with Crippen LogP contribution >= 0.6 is 15.9 Å². The van der Waals surface area contributed by atoms with Crippen LogP contribution in [0.2, 0.25) is 0 Å². The summed E-state index contributed by atoms with van der Waals surface area (Å²) in [7, 11) is -1.94. The summed E-state index contributed by atoms with van der Waals surface area (Å²) in [5, 5.41) is 3.99. The second-order valence-corrected chi connectivity index (χ2v) is 9.67. The van der Waals surface area contributed by atoms with Crippen molar-refractivity contribution in [1.82, 2.24) is 9.73 Å². The maximum atomic E-state index is 12.7. The van der Waals surface area contributed by atoms with Gasteiger partial charge in [0.2, 0.25) is 10.0 Å². The molecular weight excluding hydrogens is 472 g/mol. The molecule has 2 N–H and O–H groups in total. The van der Waals surface area contributed by atoms with Gasteiger partial charge < -0.3 is 9.64 Å². The van der Waals surface area contributed by atoms with Gasteiger partial charge in [0.15, 0.2) is 6.54 Å². The fraction of sp³-hybridized carbons (Fsp3) is 0.300. The van der Waals surface area contributed by atoms with E-state index in [0.29, 0.717) is 31.9 Å². The Labute approximate surface area is 184 Å². The highest BCUT2D eigenvalue weighted by Crippen LogP contribution is 2.18. The Balaban J connectivity index is 1.49. The molecule has 10 heteroatoms. The number of para-hydroxylation sites is 1. The maximum absolute atomic E-state index is 12.7. The van der Waals surface area contributed by atoms with Crippen LogP contribution in [0.15, 0.2) is 63.0 Å². The second kappa shape index (κ2) is 10.2. The van der Waals surface area contributed by atoms with E-state index in [9.17, 15) is 13.2 Å². The smallest absolute Gasteiger partial charge is 0.295 e. The number of quaternary nitrogens is 1. The molecule has 1 amide bonds. The van der Waals surface area contributed by atoms with Gasteiger partial charge in [-0.25, -0.2) is 13.8 Å². The lowest BCUT2D eigenvalue weighted by Gasteiger charge is -2.31. The van der Waals surface area contributed by atoms with E-state index in [4.69, 9.17) is 4.74 Å². The number of carbonyl (C=O) groups is 1. The first kappa shape index (κ1) is 22.4. The zero-order chi connectivity index (χ0) is 21.6. The van der Waals surface area contributed by atoms with E-state index in [1.807, 2.05) is 24.3 Å². The van der Waals surface area contributed by atoms with Crippen molar-refractivity contribution >= 4 is 38.1 Å². The average Bonchev–Trinajstić information content (AvgIpc) is 2.75. The Bertz CT molecular complexity index is 1000. The summed E-state index contributed by atoms with van der Waals surface area (Å²) in [4.78, 5) is 13.5. The van der Waals surface area contributed by atoms with Crippen molar-refractivity contribution in [3.05, 3.63) is 58.6 Å². The minimum absolute atomic E-state index is 0.222. The molecule has 0 saturated carbocycles. The van der Waals surface area contributed by atoms with Crippen LogP contribution in [-0.2, 0) is 14.8 Å². The van der Waals surface area contributed by atoms with Crippen molar-refractivity contribution < 1.29 is 22.8 Å². The van der Waals surface area contributed by atoms with Gasteiger partial charge in [-0.05, 0) is 36.4 Å². The van der Waals surface area contributed by atoms with Crippen molar-refractivity contribution in [2.45, 2.75) is 4.90 Å². The van der Waals surface area contributed by atoms with Crippen LogP contribution in [0.3, 0.4) is 0 Å². The molecule has 0 unspecified atom stereocenters. The van der Waals surface area contributed by atoms with Crippen molar-refractivity contribution in [3.8, 4) is 5.75 Å². The van der Waals surface area contributed by atoms with Crippen LogP contribution in [-0.4, -0.2) is 64.7 Å². The number of benzene rings is 2. The van der Waals surface area contributed by atoms with Gasteiger partial charge in [0.25, 0.3) is 5.91 Å². The van der Waals surface area contributed by atoms with Crippen LogP contribution in [0.25, 0.3) is 0 Å². The lowest BCUT2D eigenvalue weighted by atomic mass is 10.2. The molecule has 1 fully saturated rings. The Hall–Kier alpha value is -2.27. The quantitative estimate of drug-likeness (QED) is 0.432. The topological polar surface area (TPSA) is 92.5 Å². The van der Waals surface area contributed by atoms with E-state index in [0.717, 1.165) is 14.9 Å². The molecule has 8 nitrogen and oxygen atoms in total. The number of hydrogen-bond donors (Lipinski definition) is 2. The van der Waals surface area contributed by atoms with Gasteiger partial charge in [-0.1, -0.05) is 28.1 Å². The number of methoxy groups -OCH3 is 1. The second-order valence-electron chi connectivity index (χ2n) is 6.82. The molecule has 2 aromatic carbocycles. The summed E-state index contributed by atoms with van der Waals surface area (Å²) in [5.74, 6) is 0.449. The molecule has 0 spiro atoms. The zero-order valence-electron chi connectivity index (χ0n) is 16.5. The van der Waals surface area contributed by atoms with Crippen LogP contribution in [0.1, 0.15) is 5.56 Å². The number of piperazine rings is 1. The van der Waals surface area contributed by atoms with Crippen LogP contribution in [0, 0.1) is 0 Å². The Morgan fingerprint density at radius 1 is 1.20 bits per heavy atom. The number of sulfonamides is 1. The molecule has 2 aromatic rings. The van der Waals surface area contributed by atoms with Crippen LogP contribution in [0.5, 0.6) is 5.75 Å². The van der Waals surface area contributed by atoms with Crippen LogP contribution < -0.4 is 15.1 Å². The molecule has 30 heavy (non-hydrogen) atoms. The van der Waals surface area contributed by atoms with E-state index < -0.39 is 10.0 Å². The summed E-state index contributed by atoms with van der Waals surface area (Å²) < 4.78 is 33.0. The number of nitrogens with one attached hydrogen (secondary N) is 2. The van der Waals surface area contributed by atoms with E-state index in [-0.39, 0.29) is 17.3 Å². The highest BCUT2D eigenvalue weighted by molar-refractivity contribution is 9.10. The monoisotopic (exact) mass is 495 g/mol. The summed E-state index contributed by atoms with van der Waals surface area (Å²) in [5.41, 5.74) is 3.28. The molecule has 0 aromatic heterocycles. The van der Waals surface area contributed by atoms with Gasteiger partial charge in [-0.15, -0.1) is 0 Å². The minimum Gasteiger partial charge on any atom is -0.496 e. The van der Waals surface area contributed by atoms with Gasteiger partial charge >= 0.3 is 0 Å². The molecule has 1 aliphatic heterocycles. The third-order valence-corrected chi connectivity index (χ3v) is 7.26. The summed E-state index contributed by atoms with van der Waals surface area (Å²) in [6, 6.07) is 14.0. The standard InChI is InChI=1S/C20H23BrN4O4S/c1-29-19-5-3-2-4-16(19)14-22-23-20(26)15-24-10-12-25(13-11-24)30(27,28)18-8-6-17(21)7-9-18/h2-9,14H,10-13,15H2,1H3,(H,23,26)/p+1/b22-14+. The third-order valence-electron chi connectivity index (χ3n) is 4.82. The predicted molar refractivity (Wildman–Crippen MR) is 117 cm³/mol. The Morgan fingerprint density at radius 3 is 2.53 bits per heavy atom. The number of halogens is 1. The molecule has 1 heterocycles. The van der Waals surface area contributed by atoms with Crippen molar-refractivity contribution in [3.63, 3.8) is 0 Å². The van der Waals surface area contributed by atoms with Gasteiger partial charge in [0, 0.05) is 10.0 Å².